The zero-order valence-corrected chi connectivity index (χ0v) is 24.9. The Bertz CT molecular complexity index is 1840. The zero-order chi connectivity index (χ0) is 30.0. The number of thiazole rings is 1. The van der Waals surface area contributed by atoms with Crippen molar-refractivity contribution in [1.82, 2.24) is 4.57 Å². The van der Waals surface area contributed by atoms with Gasteiger partial charge in [-0.05, 0) is 62.7 Å². The molecule has 0 spiro atoms. The van der Waals surface area contributed by atoms with Gasteiger partial charge in [0.25, 0.3) is 5.56 Å². The Morgan fingerprint density at radius 2 is 1.64 bits per heavy atom. The minimum atomic E-state index is -0.691. The molecule has 2 aromatic heterocycles. The van der Waals surface area contributed by atoms with Gasteiger partial charge in [0, 0.05) is 31.4 Å². The number of benzene rings is 2. The molecule has 42 heavy (non-hydrogen) atoms. The number of carbonyl (C=O) groups is 2. The van der Waals surface area contributed by atoms with E-state index in [0.29, 0.717) is 44.3 Å². The number of carbonyl (C=O) groups excluding carboxylic acids is 2. The molecule has 0 fully saturated rings. The van der Waals surface area contributed by atoms with Crippen LogP contribution in [0.2, 0.25) is 0 Å². The Hall–Kier alpha value is -4.70. The quantitative estimate of drug-likeness (QED) is 0.284. The normalized spacial score (nSPS) is 14.8. The minimum Gasteiger partial charge on any atom is -0.463 e. The van der Waals surface area contributed by atoms with Gasteiger partial charge in [0.15, 0.2) is 4.80 Å². The summed E-state index contributed by atoms with van der Waals surface area (Å²) >= 11 is 1.23. The second-order valence-electron chi connectivity index (χ2n) is 9.79. The first-order chi connectivity index (χ1) is 20.2. The first-order valence-electron chi connectivity index (χ1n) is 13.6. The van der Waals surface area contributed by atoms with Crippen LogP contribution in [0, 0.1) is 0 Å². The fourth-order valence-corrected chi connectivity index (χ4v) is 5.79. The highest BCUT2D eigenvalue weighted by atomic mass is 32.1. The Kier molecular flexibility index (Phi) is 8.26. The third-order valence-corrected chi connectivity index (χ3v) is 7.81. The molecule has 1 aliphatic heterocycles. The van der Waals surface area contributed by atoms with Crippen LogP contribution in [0.25, 0.3) is 17.4 Å². The zero-order valence-electron chi connectivity index (χ0n) is 24.0. The van der Waals surface area contributed by atoms with Crippen LogP contribution in [-0.2, 0) is 14.3 Å². The van der Waals surface area contributed by atoms with Crippen molar-refractivity contribution in [3.63, 3.8) is 0 Å². The number of aromatic nitrogens is 1. The lowest BCUT2D eigenvalue weighted by molar-refractivity contribution is -0.139. The van der Waals surface area contributed by atoms with Crippen LogP contribution in [0.1, 0.15) is 48.5 Å². The monoisotopic (exact) mass is 585 g/mol. The molecule has 0 amide bonds. The van der Waals surface area contributed by atoms with E-state index >= 15 is 0 Å². The van der Waals surface area contributed by atoms with Crippen LogP contribution < -0.4 is 19.8 Å². The maximum atomic E-state index is 13.9. The molecule has 216 valence electrons. The maximum absolute atomic E-state index is 13.9. The number of hydrogen-bond acceptors (Lipinski definition) is 9. The summed E-state index contributed by atoms with van der Waals surface area (Å²) in [4.78, 5) is 46.0. The lowest BCUT2D eigenvalue weighted by atomic mass is 9.95. The number of furan rings is 1. The summed E-state index contributed by atoms with van der Waals surface area (Å²) in [5.74, 6) is 0.189. The molecule has 0 saturated carbocycles. The summed E-state index contributed by atoms with van der Waals surface area (Å²) in [6, 6.07) is 17.6. The molecule has 5 rings (SSSR count). The summed E-state index contributed by atoms with van der Waals surface area (Å²) in [6.07, 6.45) is 1.68. The van der Waals surface area contributed by atoms with Crippen molar-refractivity contribution >= 4 is 35.0 Å². The summed E-state index contributed by atoms with van der Waals surface area (Å²) in [5.41, 5.74) is 3.56. The molecule has 0 N–H and O–H groups in total. The Balaban J connectivity index is 1.55. The van der Waals surface area contributed by atoms with Crippen LogP contribution >= 0.6 is 11.3 Å². The summed E-state index contributed by atoms with van der Waals surface area (Å²) in [5, 5.41) is 0. The van der Waals surface area contributed by atoms with Crippen molar-refractivity contribution in [2.75, 3.05) is 32.2 Å². The van der Waals surface area contributed by atoms with Gasteiger partial charge in [-0.1, -0.05) is 35.6 Å². The van der Waals surface area contributed by atoms with Gasteiger partial charge >= 0.3 is 11.9 Å². The smallest absolute Gasteiger partial charge is 0.338 e. The molecule has 0 saturated heterocycles. The molecule has 0 aliphatic carbocycles. The molecular weight excluding hydrogens is 554 g/mol. The highest BCUT2D eigenvalue weighted by molar-refractivity contribution is 7.07. The van der Waals surface area contributed by atoms with E-state index in [1.54, 1.807) is 67.8 Å². The van der Waals surface area contributed by atoms with Crippen LogP contribution in [-0.4, -0.2) is 43.8 Å². The van der Waals surface area contributed by atoms with Crippen molar-refractivity contribution in [3.05, 3.63) is 109 Å². The van der Waals surface area contributed by atoms with E-state index in [2.05, 4.69) is 4.99 Å². The van der Waals surface area contributed by atoms with Gasteiger partial charge in [-0.15, -0.1) is 0 Å². The van der Waals surface area contributed by atoms with Crippen molar-refractivity contribution in [2.45, 2.75) is 26.8 Å². The van der Waals surface area contributed by atoms with Gasteiger partial charge in [0.1, 0.15) is 11.5 Å². The number of esters is 2. The van der Waals surface area contributed by atoms with Crippen molar-refractivity contribution < 1.29 is 23.5 Å². The van der Waals surface area contributed by atoms with Crippen molar-refractivity contribution in [3.8, 4) is 11.3 Å². The van der Waals surface area contributed by atoms with Crippen molar-refractivity contribution in [2.24, 2.45) is 4.99 Å². The van der Waals surface area contributed by atoms with E-state index in [4.69, 9.17) is 13.9 Å². The third-order valence-electron chi connectivity index (χ3n) is 6.82. The first-order valence-corrected chi connectivity index (χ1v) is 14.4. The van der Waals surface area contributed by atoms with E-state index in [9.17, 15) is 14.4 Å². The molecule has 1 aliphatic rings. The Morgan fingerprint density at radius 1 is 0.976 bits per heavy atom. The molecule has 1 atom stereocenters. The van der Waals surface area contributed by atoms with E-state index in [-0.39, 0.29) is 18.1 Å². The molecule has 0 unspecified atom stereocenters. The van der Waals surface area contributed by atoms with Gasteiger partial charge in [0.05, 0.1) is 40.6 Å². The fraction of sp³-hybridized carbons (Fsp3) is 0.250. The molecular formula is C32H31N3O6S. The topological polar surface area (TPSA) is 103 Å². The standard InChI is InChI=1S/C32H31N3O6S/c1-6-39-30(37)22-10-8-20(9-11-22)25-17-16-24(41-25)18-26-29(36)35-28(21-12-14-23(15-13-21)34(4)5)27(31(38)40-7-2)19(3)33-32(35)42-26/h8-18,28H,6-7H2,1-5H3/b26-18-/t28-/m1/s1. The number of allylic oxidation sites excluding steroid dienone is 1. The SMILES string of the molecule is CCOC(=O)C1=C(C)N=c2s/c(=C\c3ccc(-c4ccc(C(=O)OCC)cc4)o3)c(=O)n2[C@@H]1c1ccc(N(C)C)cc1. The predicted octanol–water partition coefficient (Wildman–Crippen LogP) is 4.30. The number of nitrogens with zero attached hydrogens (tertiary/aromatic N) is 3. The minimum absolute atomic E-state index is 0.207. The summed E-state index contributed by atoms with van der Waals surface area (Å²) in [7, 11) is 3.90. The Labute approximate surface area is 246 Å². The van der Waals surface area contributed by atoms with Gasteiger partial charge in [-0.25, -0.2) is 14.6 Å². The number of fused-ring (bicyclic) bond motifs is 1. The largest absolute Gasteiger partial charge is 0.463 e. The molecule has 0 radical (unpaired) electrons. The molecule has 3 heterocycles. The highest BCUT2D eigenvalue weighted by Crippen LogP contribution is 2.31. The fourth-order valence-electron chi connectivity index (χ4n) is 4.76. The van der Waals surface area contributed by atoms with E-state index in [0.717, 1.165) is 16.8 Å². The summed E-state index contributed by atoms with van der Waals surface area (Å²) < 4.78 is 18.4. The van der Waals surface area contributed by atoms with Gasteiger partial charge in [-0.2, -0.15) is 0 Å². The van der Waals surface area contributed by atoms with E-state index in [1.165, 1.54) is 11.3 Å². The number of hydrogen-bond donors (Lipinski definition) is 0. The molecule has 2 aromatic carbocycles. The van der Waals surface area contributed by atoms with E-state index in [1.807, 2.05) is 43.3 Å². The second-order valence-corrected chi connectivity index (χ2v) is 10.8. The number of anilines is 1. The predicted molar refractivity (Wildman–Crippen MR) is 161 cm³/mol. The lowest BCUT2D eigenvalue weighted by Crippen LogP contribution is -2.39. The van der Waals surface area contributed by atoms with Crippen LogP contribution in [0.5, 0.6) is 0 Å². The summed E-state index contributed by atoms with van der Waals surface area (Å²) in [6.45, 7) is 5.78. The molecule has 10 heteroatoms. The van der Waals surface area contributed by atoms with Crippen LogP contribution in [0.4, 0.5) is 5.69 Å². The lowest BCUT2D eigenvalue weighted by Gasteiger charge is -2.25. The average molecular weight is 586 g/mol. The highest BCUT2D eigenvalue weighted by Gasteiger charge is 2.33. The van der Waals surface area contributed by atoms with Gasteiger partial charge in [0.2, 0.25) is 0 Å². The average Bonchev–Trinajstić information content (AvgIpc) is 3.57. The van der Waals surface area contributed by atoms with Gasteiger partial charge < -0.3 is 18.8 Å². The van der Waals surface area contributed by atoms with E-state index < -0.39 is 12.0 Å². The maximum Gasteiger partial charge on any atom is 0.338 e. The van der Waals surface area contributed by atoms with Gasteiger partial charge in [-0.3, -0.25) is 9.36 Å². The first kappa shape index (κ1) is 28.8. The Morgan fingerprint density at radius 3 is 2.29 bits per heavy atom. The molecule has 4 aromatic rings. The van der Waals surface area contributed by atoms with Crippen LogP contribution in [0.3, 0.4) is 0 Å². The van der Waals surface area contributed by atoms with Crippen molar-refractivity contribution in [1.29, 1.82) is 0 Å². The molecule has 0 bridgehead atoms. The molecule has 9 nitrogen and oxygen atoms in total. The second kappa shape index (κ2) is 12.0. The number of rotatable bonds is 8. The number of ether oxygens (including phenoxy) is 2. The van der Waals surface area contributed by atoms with Crippen LogP contribution in [0.15, 0.2) is 86.1 Å². The third kappa shape index (κ3) is 5.58.